The quantitative estimate of drug-likeness (QED) is 0.173. The second-order valence-electron chi connectivity index (χ2n) is 13.0. The molecule has 51 heavy (non-hydrogen) atoms. The van der Waals surface area contributed by atoms with Crippen LogP contribution in [0.3, 0.4) is 0 Å². The zero-order valence-electron chi connectivity index (χ0n) is 35.1. The van der Waals surface area contributed by atoms with Crippen LogP contribution in [-0.2, 0) is 0 Å². The Hall–Kier alpha value is -6.70. The van der Waals surface area contributed by atoms with Crippen LogP contribution < -0.4 is 0 Å². The first-order valence-electron chi connectivity index (χ1n) is 20.9. The molecule has 10 aromatic carbocycles. The second kappa shape index (κ2) is 10.9. The zero-order valence-corrected chi connectivity index (χ0v) is 27.1. The van der Waals surface area contributed by atoms with Crippen molar-refractivity contribution in [3.63, 3.8) is 0 Å². The summed E-state index contributed by atoms with van der Waals surface area (Å²) in [7, 11) is 0. The molecule has 1 nitrogen and oxygen atoms in total. The van der Waals surface area contributed by atoms with Gasteiger partial charge in [0.2, 0.25) is 0 Å². The SMILES string of the molecule is [2H]c1c([2H])c([2H])c2c(-c3cccc4ccccc34)c3c([2H])c([2H])c([2H])c([2H])c3c(-c3ccc4cc(-c5ccc6oc7ccc8ccccc8c7c6c5)ccc4c3)c2c1[2H]. The minimum absolute atomic E-state index is 0.195. The van der Waals surface area contributed by atoms with Crippen molar-refractivity contribution in [3.8, 4) is 33.4 Å². The highest BCUT2D eigenvalue weighted by Crippen LogP contribution is 2.46. The Balaban J connectivity index is 1.18. The summed E-state index contributed by atoms with van der Waals surface area (Å²) in [5.41, 5.74) is 5.52. The third-order valence-corrected chi connectivity index (χ3v) is 10.3. The van der Waals surface area contributed by atoms with Gasteiger partial charge in [-0.05, 0) is 118 Å². The molecule has 0 atom stereocenters. The molecule has 1 heteroatoms. The van der Waals surface area contributed by atoms with E-state index in [1.807, 2.05) is 97.1 Å². The van der Waals surface area contributed by atoms with Gasteiger partial charge >= 0.3 is 0 Å². The average molecular weight is 655 g/mol. The number of furan rings is 1. The third-order valence-electron chi connectivity index (χ3n) is 10.3. The number of fused-ring (bicyclic) bond motifs is 9. The van der Waals surface area contributed by atoms with Gasteiger partial charge in [0, 0.05) is 10.8 Å². The molecule has 11 aromatic rings. The van der Waals surface area contributed by atoms with Crippen LogP contribution in [0.4, 0.5) is 0 Å². The molecule has 0 saturated carbocycles. The predicted molar refractivity (Wildman–Crippen MR) is 218 cm³/mol. The van der Waals surface area contributed by atoms with Crippen LogP contribution in [0.15, 0.2) is 186 Å². The van der Waals surface area contributed by atoms with Crippen molar-refractivity contribution in [2.45, 2.75) is 0 Å². The molecule has 0 aliphatic heterocycles. The maximum absolute atomic E-state index is 9.37. The summed E-state index contributed by atoms with van der Waals surface area (Å²) in [6.07, 6.45) is 0. The van der Waals surface area contributed by atoms with E-state index in [2.05, 4.69) is 36.4 Å². The van der Waals surface area contributed by atoms with Gasteiger partial charge in [-0.1, -0.05) is 151 Å². The molecular formula is C50H30O. The molecule has 0 spiro atoms. The number of rotatable bonds is 3. The molecule has 0 bridgehead atoms. The van der Waals surface area contributed by atoms with Crippen molar-refractivity contribution in [3.05, 3.63) is 182 Å². The Morgan fingerprint density at radius 3 is 1.63 bits per heavy atom. The standard InChI is InChI=1S/C50H30O/c1-3-13-38-31(10-1)12-9-19-40(38)49-43-17-7-5-15-41(43)48(42-16-6-8-18-44(42)49)37-23-22-33-28-34(20-21-35(33)29-37)36-25-26-46-45(30-36)50-39-14-4-2-11-32(39)24-27-47(50)51-46/h1-30H/i5D,6D,7D,8D,15D,16D,17D,18D. The molecule has 0 radical (unpaired) electrons. The van der Waals surface area contributed by atoms with Gasteiger partial charge in [-0.15, -0.1) is 0 Å². The lowest BCUT2D eigenvalue weighted by Gasteiger charge is -2.19. The molecule has 0 aliphatic carbocycles. The van der Waals surface area contributed by atoms with Crippen molar-refractivity contribution in [2.75, 3.05) is 0 Å². The fourth-order valence-electron chi connectivity index (χ4n) is 7.93. The van der Waals surface area contributed by atoms with E-state index in [9.17, 15) is 5.48 Å². The molecule has 0 amide bonds. The maximum Gasteiger partial charge on any atom is 0.136 e. The van der Waals surface area contributed by atoms with Crippen LogP contribution in [0.2, 0.25) is 0 Å². The van der Waals surface area contributed by atoms with E-state index < -0.39 is 24.2 Å². The molecule has 1 aromatic heterocycles. The lowest BCUT2D eigenvalue weighted by Crippen LogP contribution is -1.91. The van der Waals surface area contributed by atoms with Gasteiger partial charge < -0.3 is 4.42 Å². The van der Waals surface area contributed by atoms with Crippen LogP contribution >= 0.6 is 0 Å². The first-order chi connectivity index (χ1) is 28.6. The van der Waals surface area contributed by atoms with Gasteiger partial charge in [0.05, 0.1) is 11.0 Å². The third kappa shape index (κ3) is 4.28. The molecule has 11 rings (SSSR count). The van der Waals surface area contributed by atoms with Crippen molar-refractivity contribution < 1.29 is 15.4 Å². The smallest absolute Gasteiger partial charge is 0.136 e. The normalized spacial score (nSPS) is 14.1. The van der Waals surface area contributed by atoms with Crippen molar-refractivity contribution in [2.24, 2.45) is 0 Å². The molecule has 0 N–H and O–H groups in total. The highest BCUT2D eigenvalue weighted by Gasteiger charge is 2.18. The van der Waals surface area contributed by atoms with Crippen LogP contribution in [0.1, 0.15) is 11.0 Å². The Morgan fingerprint density at radius 1 is 0.353 bits per heavy atom. The summed E-state index contributed by atoms with van der Waals surface area (Å²) >= 11 is 0. The maximum atomic E-state index is 9.37. The number of hydrogen-bond donors (Lipinski definition) is 0. The molecule has 236 valence electrons. The fraction of sp³-hybridized carbons (Fsp3) is 0. The molecule has 1 heterocycles. The first kappa shape index (κ1) is 21.4. The van der Waals surface area contributed by atoms with Crippen molar-refractivity contribution in [1.29, 1.82) is 0 Å². The van der Waals surface area contributed by atoms with Crippen LogP contribution in [-0.4, -0.2) is 0 Å². The minimum atomic E-state index is -0.423. The summed E-state index contributed by atoms with van der Waals surface area (Å²) in [6, 6.07) is 41.1. The number of benzene rings is 10. The van der Waals surface area contributed by atoms with Gasteiger partial charge in [-0.3, -0.25) is 0 Å². The first-order valence-corrected chi connectivity index (χ1v) is 16.9. The molecule has 0 unspecified atom stereocenters. The van der Waals surface area contributed by atoms with E-state index in [-0.39, 0.29) is 45.7 Å². The fourth-order valence-corrected chi connectivity index (χ4v) is 7.93. The molecular weight excluding hydrogens is 617 g/mol. The van der Waals surface area contributed by atoms with E-state index in [0.29, 0.717) is 22.3 Å². The Kier molecular flexibility index (Phi) is 4.57. The van der Waals surface area contributed by atoms with Crippen molar-refractivity contribution >= 4 is 75.8 Å². The van der Waals surface area contributed by atoms with Gasteiger partial charge in [-0.25, -0.2) is 0 Å². The monoisotopic (exact) mass is 654 g/mol. The van der Waals surface area contributed by atoms with E-state index in [1.165, 1.54) is 0 Å². The van der Waals surface area contributed by atoms with E-state index >= 15 is 0 Å². The Morgan fingerprint density at radius 2 is 0.882 bits per heavy atom. The van der Waals surface area contributed by atoms with Crippen LogP contribution in [0.5, 0.6) is 0 Å². The van der Waals surface area contributed by atoms with Gasteiger partial charge in [-0.2, -0.15) is 0 Å². The topological polar surface area (TPSA) is 13.1 Å². The van der Waals surface area contributed by atoms with E-state index in [1.54, 1.807) is 0 Å². The van der Waals surface area contributed by atoms with E-state index in [4.69, 9.17) is 9.90 Å². The predicted octanol–water partition coefficient (Wildman–Crippen LogP) is 14.4. The zero-order chi connectivity index (χ0) is 40.4. The molecule has 0 fully saturated rings. The summed E-state index contributed by atoms with van der Waals surface area (Å²) in [6.45, 7) is 0. The highest BCUT2D eigenvalue weighted by atomic mass is 16.3. The second-order valence-corrected chi connectivity index (χ2v) is 13.0. The molecule has 0 saturated heterocycles. The van der Waals surface area contributed by atoms with Crippen LogP contribution in [0, 0.1) is 0 Å². The Bertz CT molecular complexity index is 3580. The lowest BCUT2D eigenvalue weighted by molar-refractivity contribution is 0.669. The van der Waals surface area contributed by atoms with Crippen molar-refractivity contribution in [1.82, 2.24) is 0 Å². The summed E-state index contributed by atoms with van der Waals surface area (Å²) in [5, 5.41) is 8.63. The summed E-state index contributed by atoms with van der Waals surface area (Å²) < 4.78 is 78.9. The highest BCUT2D eigenvalue weighted by molar-refractivity contribution is 6.24. The number of hydrogen-bond acceptors (Lipinski definition) is 1. The van der Waals surface area contributed by atoms with Gasteiger partial charge in [0.25, 0.3) is 0 Å². The minimum Gasteiger partial charge on any atom is -0.456 e. The summed E-state index contributed by atoms with van der Waals surface area (Å²) in [5.74, 6) is 0. The largest absolute Gasteiger partial charge is 0.456 e. The molecule has 0 aliphatic rings. The van der Waals surface area contributed by atoms with Gasteiger partial charge in [0.1, 0.15) is 11.2 Å². The summed E-state index contributed by atoms with van der Waals surface area (Å²) in [4.78, 5) is 0. The van der Waals surface area contributed by atoms with Gasteiger partial charge in [0.15, 0.2) is 0 Å². The Labute approximate surface area is 305 Å². The van der Waals surface area contributed by atoms with E-state index in [0.717, 1.165) is 65.4 Å². The average Bonchev–Trinajstić information content (AvgIpc) is 3.66. The van der Waals surface area contributed by atoms with Crippen LogP contribution in [0.25, 0.3) is 109 Å². The lowest BCUT2D eigenvalue weighted by atomic mass is 9.84.